The number of nitrogens with zero attached hydrogens (tertiary/aromatic N) is 1. The Labute approximate surface area is 91.0 Å². The molecule has 2 rings (SSSR count). The fourth-order valence-electron chi connectivity index (χ4n) is 2.17. The number of nitrogens with one attached hydrogen (secondary N) is 1. The van der Waals surface area contributed by atoms with E-state index in [-0.39, 0.29) is 5.92 Å². The minimum Gasteiger partial charge on any atom is -0.381 e. The fraction of sp³-hybridized carbons (Fsp3) is 0.909. The number of ether oxygens (including phenoxy) is 1. The van der Waals surface area contributed by atoms with Crippen LogP contribution in [0.4, 0.5) is 0 Å². The summed E-state index contributed by atoms with van der Waals surface area (Å²) in [6.45, 7) is 7.15. The van der Waals surface area contributed by atoms with E-state index < -0.39 is 0 Å². The van der Waals surface area contributed by atoms with Crippen molar-refractivity contribution in [3.05, 3.63) is 0 Å². The molecule has 2 saturated heterocycles. The SMILES string of the molecule is CCOC[C@@H]1CCN(C(=O)C2CNC2)C1. The number of likely N-dealkylation sites (tertiary alicyclic amines) is 1. The van der Waals surface area contributed by atoms with Crippen LogP contribution in [0.1, 0.15) is 13.3 Å². The van der Waals surface area contributed by atoms with Crippen LogP contribution in [0.15, 0.2) is 0 Å². The number of hydrogen-bond acceptors (Lipinski definition) is 3. The molecule has 0 spiro atoms. The summed E-state index contributed by atoms with van der Waals surface area (Å²) < 4.78 is 5.40. The van der Waals surface area contributed by atoms with Crippen LogP contribution in [0.2, 0.25) is 0 Å². The Kier molecular flexibility index (Phi) is 3.59. The molecule has 0 radical (unpaired) electrons. The summed E-state index contributed by atoms with van der Waals surface area (Å²) in [5.41, 5.74) is 0. The van der Waals surface area contributed by atoms with Gasteiger partial charge in [-0.1, -0.05) is 0 Å². The van der Waals surface area contributed by atoms with E-state index in [1.807, 2.05) is 11.8 Å². The molecule has 2 aliphatic heterocycles. The van der Waals surface area contributed by atoms with Gasteiger partial charge >= 0.3 is 0 Å². The molecule has 0 aromatic rings. The monoisotopic (exact) mass is 212 g/mol. The molecule has 15 heavy (non-hydrogen) atoms. The van der Waals surface area contributed by atoms with Gasteiger partial charge in [0.2, 0.25) is 5.91 Å². The van der Waals surface area contributed by atoms with E-state index in [0.717, 1.165) is 45.8 Å². The van der Waals surface area contributed by atoms with Crippen molar-refractivity contribution in [2.45, 2.75) is 13.3 Å². The normalized spacial score (nSPS) is 26.7. The van der Waals surface area contributed by atoms with Gasteiger partial charge in [0.1, 0.15) is 0 Å². The van der Waals surface area contributed by atoms with E-state index in [1.165, 1.54) is 0 Å². The molecule has 2 heterocycles. The largest absolute Gasteiger partial charge is 0.381 e. The minimum atomic E-state index is 0.246. The Morgan fingerprint density at radius 3 is 2.93 bits per heavy atom. The fourth-order valence-corrected chi connectivity index (χ4v) is 2.17. The van der Waals surface area contributed by atoms with Gasteiger partial charge in [-0.25, -0.2) is 0 Å². The quantitative estimate of drug-likeness (QED) is 0.718. The second-order valence-electron chi connectivity index (χ2n) is 4.45. The highest BCUT2D eigenvalue weighted by molar-refractivity contribution is 5.80. The van der Waals surface area contributed by atoms with Gasteiger partial charge in [-0.2, -0.15) is 0 Å². The van der Waals surface area contributed by atoms with Gasteiger partial charge in [-0.05, 0) is 13.3 Å². The first kappa shape index (κ1) is 10.9. The number of amides is 1. The zero-order valence-electron chi connectivity index (χ0n) is 9.37. The maximum atomic E-state index is 11.9. The van der Waals surface area contributed by atoms with Crippen molar-refractivity contribution in [2.75, 3.05) is 39.4 Å². The smallest absolute Gasteiger partial charge is 0.228 e. The summed E-state index contributed by atoms with van der Waals surface area (Å²) in [5.74, 6) is 1.14. The summed E-state index contributed by atoms with van der Waals surface area (Å²) in [6.07, 6.45) is 1.10. The zero-order chi connectivity index (χ0) is 10.7. The van der Waals surface area contributed by atoms with Crippen molar-refractivity contribution < 1.29 is 9.53 Å². The zero-order valence-corrected chi connectivity index (χ0v) is 9.37. The Bertz CT molecular complexity index is 229. The lowest BCUT2D eigenvalue weighted by Gasteiger charge is -2.30. The van der Waals surface area contributed by atoms with E-state index in [4.69, 9.17) is 4.74 Å². The van der Waals surface area contributed by atoms with Crippen LogP contribution in [-0.2, 0) is 9.53 Å². The number of hydrogen-bond donors (Lipinski definition) is 1. The van der Waals surface area contributed by atoms with Gasteiger partial charge < -0.3 is 15.0 Å². The van der Waals surface area contributed by atoms with Gasteiger partial charge in [0, 0.05) is 38.7 Å². The van der Waals surface area contributed by atoms with E-state index in [9.17, 15) is 4.79 Å². The lowest BCUT2D eigenvalue weighted by Crippen LogP contribution is -2.51. The molecule has 2 fully saturated rings. The maximum absolute atomic E-state index is 11.9. The number of rotatable bonds is 4. The van der Waals surface area contributed by atoms with Crippen LogP contribution in [0.25, 0.3) is 0 Å². The molecule has 0 aromatic heterocycles. The van der Waals surface area contributed by atoms with Gasteiger partial charge in [0.05, 0.1) is 12.5 Å². The second-order valence-corrected chi connectivity index (χ2v) is 4.45. The molecule has 0 aliphatic carbocycles. The Hall–Kier alpha value is -0.610. The van der Waals surface area contributed by atoms with E-state index >= 15 is 0 Å². The third kappa shape index (κ3) is 2.49. The topological polar surface area (TPSA) is 41.6 Å². The van der Waals surface area contributed by atoms with E-state index in [2.05, 4.69) is 5.32 Å². The predicted octanol–water partition coefficient (Wildman–Crippen LogP) is 0.0908. The Morgan fingerprint density at radius 1 is 1.53 bits per heavy atom. The molecule has 1 atom stereocenters. The molecule has 0 unspecified atom stereocenters. The van der Waals surface area contributed by atoms with Crippen molar-refractivity contribution in [2.24, 2.45) is 11.8 Å². The summed E-state index contributed by atoms with van der Waals surface area (Å²) >= 11 is 0. The average molecular weight is 212 g/mol. The van der Waals surface area contributed by atoms with Crippen molar-refractivity contribution in [1.82, 2.24) is 10.2 Å². The first-order chi connectivity index (χ1) is 7.31. The first-order valence-electron chi connectivity index (χ1n) is 5.88. The van der Waals surface area contributed by atoms with Crippen molar-refractivity contribution in [3.8, 4) is 0 Å². The summed E-state index contributed by atoms with van der Waals surface area (Å²) in [6, 6.07) is 0. The second kappa shape index (κ2) is 4.94. The predicted molar refractivity (Wildman–Crippen MR) is 57.5 cm³/mol. The van der Waals surface area contributed by atoms with E-state index in [0.29, 0.717) is 11.8 Å². The molecule has 0 saturated carbocycles. The Morgan fingerprint density at radius 2 is 2.33 bits per heavy atom. The van der Waals surface area contributed by atoms with Gasteiger partial charge in [0.25, 0.3) is 0 Å². The molecule has 2 aliphatic rings. The highest BCUT2D eigenvalue weighted by Gasteiger charge is 2.33. The summed E-state index contributed by atoms with van der Waals surface area (Å²) in [7, 11) is 0. The molecule has 1 N–H and O–H groups in total. The number of carbonyl (C=O) groups excluding carboxylic acids is 1. The van der Waals surface area contributed by atoms with Crippen molar-refractivity contribution >= 4 is 5.91 Å². The van der Waals surface area contributed by atoms with Crippen molar-refractivity contribution in [3.63, 3.8) is 0 Å². The lowest BCUT2D eigenvalue weighted by atomic mass is 10.0. The van der Waals surface area contributed by atoms with Gasteiger partial charge in [-0.3, -0.25) is 4.79 Å². The maximum Gasteiger partial charge on any atom is 0.228 e. The lowest BCUT2D eigenvalue weighted by molar-refractivity contribution is -0.136. The highest BCUT2D eigenvalue weighted by atomic mass is 16.5. The van der Waals surface area contributed by atoms with Crippen LogP contribution < -0.4 is 5.32 Å². The van der Waals surface area contributed by atoms with Crippen molar-refractivity contribution in [1.29, 1.82) is 0 Å². The van der Waals surface area contributed by atoms with Gasteiger partial charge in [0.15, 0.2) is 0 Å². The minimum absolute atomic E-state index is 0.246. The third-order valence-electron chi connectivity index (χ3n) is 3.29. The van der Waals surface area contributed by atoms with Crippen LogP contribution in [-0.4, -0.2) is 50.2 Å². The van der Waals surface area contributed by atoms with Gasteiger partial charge in [-0.15, -0.1) is 0 Å². The standard InChI is InChI=1S/C11H20N2O2/c1-2-15-8-9-3-4-13(7-9)11(14)10-5-12-6-10/h9-10,12H,2-8H2,1H3/t9-/m1/s1. The van der Waals surface area contributed by atoms with Crippen LogP contribution >= 0.6 is 0 Å². The average Bonchev–Trinajstić information content (AvgIpc) is 2.60. The molecular formula is C11H20N2O2. The summed E-state index contributed by atoms with van der Waals surface area (Å²) in [5, 5.41) is 3.14. The highest BCUT2D eigenvalue weighted by Crippen LogP contribution is 2.19. The first-order valence-corrected chi connectivity index (χ1v) is 5.88. The van der Waals surface area contributed by atoms with Crippen LogP contribution in [0.5, 0.6) is 0 Å². The van der Waals surface area contributed by atoms with E-state index in [1.54, 1.807) is 0 Å². The van der Waals surface area contributed by atoms with Crippen LogP contribution in [0.3, 0.4) is 0 Å². The molecule has 4 heteroatoms. The Balaban J connectivity index is 1.73. The molecule has 86 valence electrons. The molecular weight excluding hydrogens is 192 g/mol. The molecule has 4 nitrogen and oxygen atoms in total. The number of carbonyl (C=O) groups is 1. The molecule has 0 bridgehead atoms. The van der Waals surface area contributed by atoms with Crippen LogP contribution in [0, 0.1) is 11.8 Å². The third-order valence-corrected chi connectivity index (χ3v) is 3.29. The summed E-state index contributed by atoms with van der Waals surface area (Å²) in [4.78, 5) is 13.9. The molecule has 0 aromatic carbocycles. The molecule has 1 amide bonds.